The molecule has 0 amide bonds. The van der Waals surface area contributed by atoms with E-state index in [0.29, 0.717) is 5.57 Å². The second kappa shape index (κ2) is 2.46. The van der Waals surface area contributed by atoms with Crippen LogP contribution in [0.4, 0.5) is 4.39 Å². The largest absolute Gasteiger partial charge is 0.207 e. The van der Waals surface area contributed by atoms with Crippen molar-refractivity contribution >= 4 is 5.57 Å². The molecule has 1 aliphatic rings. The van der Waals surface area contributed by atoms with E-state index in [9.17, 15) is 4.39 Å². The zero-order chi connectivity index (χ0) is 8.55. The quantitative estimate of drug-likeness (QED) is 0.569. The van der Waals surface area contributed by atoms with Crippen molar-refractivity contribution in [3.05, 3.63) is 41.2 Å². The van der Waals surface area contributed by atoms with Crippen LogP contribution in [0.1, 0.15) is 11.1 Å². The van der Waals surface area contributed by atoms with Crippen molar-refractivity contribution in [2.45, 2.75) is 6.42 Å². The molecule has 0 atom stereocenters. The predicted molar refractivity (Wildman–Crippen MR) is 43.7 cm³/mol. The van der Waals surface area contributed by atoms with E-state index < -0.39 is 0 Å². The van der Waals surface area contributed by atoms with Gasteiger partial charge in [-0.15, -0.1) is 0 Å². The molecular formula is C10H6FN. The number of nitriles is 1. The lowest BCUT2D eigenvalue weighted by atomic mass is 10.1. The summed E-state index contributed by atoms with van der Waals surface area (Å²) in [6.07, 6.45) is 2.57. The predicted octanol–water partition coefficient (Wildman–Crippen LogP) is 2.29. The van der Waals surface area contributed by atoms with Gasteiger partial charge in [0.1, 0.15) is 5.82 Å². The molecule has 0 bridgehead atoms. The van der Waals surface area contributed by atoms with Gasteiger partial charge in [0.2, 0.25) is 0 Å². The van der Waals surface area contributed by atoms with Gasteiger partial charge < -0.3 is 0 Å². The van der Waals surface area contributed by atoms with Gasteiger partial charge in [-0.3, -0.25) is 0 Å². The van der Waals surface area contributed by atoms with Crippen LogP contribution in [0, 0.1) is 17.1 Å². The summed E-state index contributed by atoms with van der Waals surface area (Å²) >= 11 is 0. The average Bonchev–Trinajstić information content (AvgIpc) is 2.46. The number of hydrogen-bond acceptors (Lipinski definition) is 1. The molecule has 0 saturated carbocycles. The molecule has 1 aromatic rings. The molecule has 58 valence electrons. The van der Waals surface area contributed by atoms with Crippen LogP contribution in [0.15, 0.2) is 24.3 Å². The van der Waals surface area contributed by atoms with E-state index in [1.165, 1.54) is 12.1 Å². The topological polar surface area (TPSA) is 23.8 Å². The number of halogens is 1. The molecule has 0 aromatic heterocycles. The molecular weight excluding hydrogens is 153 g/mol. The molecule has 0 radical (unpaired) electrons. The van der Waals surface area contributed by atoms with E-state index in [0.717, 1.165) is 17.5 Å². The third-order valence-electron chi connectivity index (χ3n) is 2.01. The zero-order valence-electron chi connectivity index (χ0n) is 6.34. The number of rotatable bonds is 0. The van der Waals surface area contributed by atoms with Crippen molar-refractivity contribution in [3.8, 4) is 6.07 Å². The molecule has 1 nitrogen and oxygen atoms in total. The Bertz CT molecular complexity index is 399. The highest BCUT2D eigenvalue weighted by Gasteiger charge is 2.13. The number of nitrogens with zero attached hydrogens (tertiary/aromatic N) is 1. The summed E-state index contributed by atoms with van der Waals surface area (Å²) in [6, 6.07) is 6.61. The summed E-state index contributed by atoms with van der Waals surface area (Å²) in [4.78, 5) is 0. The lowest BCUT2D eigenvalue weighted by Crippen LogP contribution is -1.84. The van der Waals surface area contributed by atoms with Crippen LogP contribution >= 0.6 is 0 Å². The Kier molecular flexibility index (Phi) is 1.44. The Labute approximate surface area is 69.8 Å². The molecule has 1 aromatic carbocycles. The van der Waals surface area contributed by atoms with E-state index in [-0.39, 0.29) is 5.82 Å². The Morgan fingerprint density at radius 3 is 3.00 bits per heavy atom. The average molecular weight is 159 g/mol. The summed E-state index contributed by atoms with van der Waals surface area (Å²) in [5, 5.41) is 8.66. The lowest BCUT2D eigenvalue weighted by Gasteiger charge is -1.98. The van der Waals surface area contributed by atoms with Crippen molar-refractivity contribution in [2.24, 2.45) is 0 Å². The molecule has 0 unspecified atom stereocenters. The summed E-state index contributed by atoms with van der Waals surface area (Å²) in [5.74, 6) is -0.281. The summed E-state index contributed by atoms with van der Waals surface area (Å²) in [7, 11) is 0. The Morgan fingerprint density at radius 2 is 2.25 bits per heavy atom. The standard InChI is InChI=1S/C10H6FN/c11-9-4-3-7-1-2-8(6-12)10(7)5-9/h2-5H,1H2. The molecule has 12 heavy (non-hydrogen) atoms. The third kappa shape index (κ3) is 0.911. The van der Waals surface area contributed by atoms with Gasteiger partial charge in [-0.1, -0.05) is 12.1 Å². The molecule has 0 fully saturated rings. The summed E-state index contributed by atoms with van der Waals surface area (Å²) in [5.41, 5.74) is 2.37. The normalized spacial score (nSPS) is 13.5. The van der Waals surface area contributed by atoms with Crippen molar-refractivity contribution in [2.75, 3.05) is 0 Å². The zero-order valence-corrected chi connectivity index (χ0v) is 6.34. The van der Waals surface area contributed by atoms with Crippen LogP contribution in [0.5, 0.6) is 0 Å². The summed E-state index contributed by atoms with van der Waals surface area (Å²) in [6.45, 7) is 0. The second-order valence-electron chi connectivity index (χ2n) is 2.74. The summed E-state index contributed by atoms with van der Waals surface area (Å²) < 4.78 is 12.7. The van der Waals surface area contributed by atoms with E-state index in [1.807, 2.05) is 12.1 Å². The van der Waals surface area contributed by atoms with Crippen LogP contribution in [-0.2, 0) is 6.42 Å². The second-order valence-corrected chi connectivity index (χ2v) is 2.74. The van der Waals surface area contributed by atoms with Gasteiger partial charge in [0.15, 0.2) is 0 Å². The Hall–Kier alpha value is -1.62. The Morgan fingerprint density at radius 1 is 1.42 bits per heavy atom. The highest BCUT2D eigenvalue weighted by Crippen LogP contribution is 2.26. The molecule has 0 N–H and O–H groups in total. The molecule has 0 spiro atoms. The van der Waals surface area contributed by atoms with E-state index in [2.05, 4.69) is 0 Å². The van der Waals surface area contributed by atoms with Crippen LogP contribution in [0.3, 0.4) is 0 Å². The minimum atomic E-state index is -0.281. The van der Waals surface area contributed by atoms with Crippen LogP contribution in [-0.4, -0.2) is 0 Å². The van der Waals surface area contributed by atoms with Crippen LogP contribution in [0.25, 0.3) is 5.57 Å². The van der Waals surface area contributed by atoms with Gasteiger partial charge in [0, 0.05) is 0 Å². The van der Waals surface area contributed by atoms with Gasteiger partial charge in [-0.2, -0.15) is 5.26 Å². The molecule has 0 saturated heterocycles. The van der Waals surface area contributed by atoms with Gasteiger partial charge in [-0.25, -0.2) is 4.39 Å². The van der Waals surface area contributed by atoms with E-state index in [4.69, 9.17) is 5.26 Å². The Balaban J connectivity index is 2.59. The fourth-order valence-electron chi connectivity index (χ4n) is 1.41. The van der Waals surface area contributed by atoms with Gasteiger partial charge >= 0.3 is 0 Å². The van der Waals surface area contributed by atoms with E-state index in [1.54, 1.807) is 6.07 Å². The maximum Gasteiger partial charge on any atom is 0.123 e. The highest BCUT2D eigenvalue weighted by atomic mass is 19.1. The van der Waals surface area contributed by atoms with Gasteiger partial charge in [0.05, 0.1) is 11.6 Å². The smallest absolute Gasteiger partial charge is 0.123 e. The maximum absolute atomic E-state index is 12.7. The first-order valence-electron chi connectivity index (χ1n) is 3.70. The molecule has 0 aliphatic heterocycles. The SMILES string of the molecule is N#CC1=CCc2ccc(F)cc21. The minimum Gasteiger partial charge on any atom is -0.207 e. The minimum absolute atomic E-state index is 0.281. The van der Waals surface area contributed by atoms with Gasteiger partial charge in [-0.05, 0) is 29.7 Å². The fraction of sp³-hybridized carbons (Fsp3) is 0.100. The highest BCUT2D eigenvalue weighted by molar-refractivity contribution is 5.82. The maximum atomic E-state index is 12.7. The van der Waals surface area contributed by atoms with Crippen molar-refractivity contribution in [1.82, 2.24) is 0 Å². The molecule has 2 rings (SSSR count). The number of allylic oxidation sites excluding steroid dienone is 2. The first-order chi connectivity index (χ1) is 5.81. The third-order valence-corrected chi connectivity index (χ3v) is 2.01. The number of hydrogen-bond donors (Lipinski definition) is 0. The number of fused-ring (bicyclic) bond motifs is 1. The van der Waals surface area contributed by atoms with Crippen LogP contribution < -0.4 is 0 Å². The van der Waals surface area contributed by atoms with Gasteiger partial charge in [0.25, 0.3) is 0 Å². The van der Waals surface area contributed by atoms with Crippen molar-refractivity contribution in [3.63, 3.8) is 0 Å². The fourth-order valence-corrected chi connectivity index (χ4v) is 1.41. The lowest BCUT2D eigenvalue weighted by molar-refractivity contribution is 0.627. The van der Waals surface area contributed by atoms with E-state index >= 15 is 0 Å². The molecule has 0 heterocycles. The first-order valence-corrected chi connectivity index (χ1v) is 3.70. The number of benzene rings is 1. The monoisotopic (exact) mass is 159 g/mol. The van der Waals surface area contributed by atoms with Crippen LogP contribution in [0.2, 0.25) is 0 Å². The molecule has 1 aliphatic carbocycles. The first kappa shape index (κ1) is 7.05. The van der Waals surface area contributed by atoms with Crippen molar-refractivity contribution in [1.29, 1.82) is 5.26 Å². The molecule has 2 heteroatoms. The van der Waals surface area contributed by atoms with Crippen molar-refractivity contribution < 1.29 is 4.39 Å².